The summed E-state index contributed by atoms with van der Waals surface area (Å²) in [4.78, 5) is 0. The van der Waals surface area contributed by atoms with Crippen LogP contribution < -0.4 is 5.32 Å². The van der Waals surface area contributed by atoms with E-state index >= 15 is 0 Å². The minimum absolute atomic E-state index is 0.505. The summed E-state index contributed by atoms with van der Waals surface area (Å²) in [5.41, 5.74) is 3.87. The molecule has 0 radical (unpaired) electrons. The van der Waals surface area contributed by atoms with Gasteiger partial charge in [0.25, 0.3) is 0 Å². The number of hydrogen-bond acceptors (Lipinski definition) is 2. The molecule has 2 nitrogen and oxygen atoms in total. The molecule has 15 heavy (non-hydrogen) atoms. The van der Waals surface area contributed by atoms with Crippen LogP contribution in [0.15, 0.2) is 18.2 Å². The summed E-state index contributed by atoms with van der Waals surface area (Å²) in [5.74, 6) is 0.648. The first-order valence-corrected chi connectivity index (χ1v) is 5.63. The maximum absolute atomic E-state index is 5.39. The number of anilines is 1. The van der Waals surface area contributed by atoms with Crippen molar-refractivity contribution in [3.8, 4) is 0 Å². The number of ether oxygens (including phenoxy) is 1. The van der Waals surface area contributed by atoms with Gasteiger partial charge < -0.3 is 10.1 Å². The molecule has 0 fully saturated rings. The number of fused-ring (bicyclic) bond motifs is 1. The fraction of sp³-hybridized carbons (Fsp3) is 0.538. The Labute approximate surface area is 91.6 Å². The molecule has 0 bridgehead atoms. The van der Waals surface area contributed by atoms with Crippen LogP contribution in [0.25, 0.3) is 0 Å². The molecule has 1 N–H and O–H groups in total. The predicted molar refractivity (Wildman–Crippen MR) is 62.9 cm³/mol. The highest BCUT2D eigenvalue weighted by Gasteiger charge is 2.12. The molecular formula is C13H19NO. The van der Waals surface area contributed by atoms with Crippen molar-refractivity contribution in [1.29, 1.82) is 0 Å². The Bertz CT molecular complexity index is 346. The molecule has 1 aliphatic rings. The van der Waals surface area contributed by atoms with Crippen molar-refractivity contribution in [2.75, 3.05) is 5.32 Å². The highest BCUT2D eigenvalue weighted by atomic mass is 16.5. The van der Waals surface area contributed by atoms with E-state index in [2.05, 4.69) is 44.3 Å². The Balaban J connectivity index is 2.10. The van der Waals surface area contributed by atoms with Crippen molar-refractivity contribution in [2.45, 2.75) is 40.0 Å². The lowest BCUT2D eigenvalue weighted by Gasteiger charge is -2.19. The molecule has 1 aromatic carbocycles. The third kappa shape index (κ3) is 2.32. The predicted octanol–water partition coefficient (Wildman–Crippen LogP) is 3.17. The van der Waals surface area contributed by atoms with Crippen LogP contribution in [-0.4, -0.2) is 6.04 Å². The van der Waals surface area contributed by atoms with E-state index in [0.29, 0.717) is 12.0 Å². The van der Waals surface area contributed by atoms with Crippen LogP contribution >= 0.6 is 0 Å². The van der Waals surface area contributed by atoms with E-state index in [1.807, 2.05) is 0 Å². The van der Waals surface area contributed by atoms with Crippen molar-refractivity contribution < 1.29 is 4.74 Å². The van der Waals surface area contributed by atoms with Gasteiger partial charge in [0.2, 0.25) is 0 Å². The van der Waals surface area contributed by atoms with Crippen molar-refractivity contribution in [3.63, 3.8) is 0 Å². The van der Waals surface area contributed by atoms with Gasteiger partial charge in [-0.2, -0.15) is 0 Å². The first-order valence-electron chi connectivity index (χ1n) is 5.63. The Hall–Kier alpha value is -1.02. The normalized spacial score (nSPS) is 16.5. The standard InChI is InChI=1S/C13H19NO/c1-9(2)10(3)14-13-5-4-11-7-15-8-12(11)6-13/h4-6,9-10,14H,7-8H2,1-3H3. The van der Waals surface area contributed by atoms with Crippen molar-refractivity contribution in [2.24, 2.45) is 5.92 Å². The van der Waals surface area contributed by atoms with Gasteiger partial charge in [-0.15, -0.1) is 0 Å². The number of benzene rings is 1. The smallest absolute Gasteiger partial charge is 0.0725 e. The summed E-state index contributed by atoms with van der Waals surface area (Å²) < 4.78 is 5.39. The van der Waals surface area contributed by atoms with Crippen LogP contribution in [0.4, 0.5) is 5.69 Å². The Kier molecular flexibility index (Phi) is 2.96. The van der Waals surface area contributed by atoms with Gasteiger partial charge in [0.1, 0.15) is 0 Å². The number of rotatable bonds is 3. The van der Waals surface area contributed by atoms with Crippen LogP contribution in [0.1, 0.15) is 31.9 Å². The van der Waals surface area contributed by atoms with Crippen LogP contribution in [0.5, 0.6) is 0 Å². The average molecular weight is 205 g/mol. The quantitative estimate of drug-likeness (QED) is 0.818. The summed E-state index contributed by atoms with van der Waals surface area (Å²) in [5, 5.41) is 3.52. The molecule has 1 atom stereocenters. The second-order valence-electron chi connectivity index (χ2n) is 4.65. The van der Waals surface area contributed by atoms with Gasteiger partial charge in [-0.05, 0) is 36.1 Å². The van der Waals surface area contributed by atoms with Crippen LogP contribution in [0, 0.1) is 5.92 Å². The lowest BCUT2D eigenvalue weighted by Crippen LogP contribution is -2.21. The zero-order valence-corrected chi connectivity index (χ0v) is 9.71. The summed E-state index contributed by atoms with van der Waals surface area (Å²) in [6.07, 6.45) is 0. The molecule has 0 saturated carbocycles. The molecule has 0 aromatic heterocycles. The molecule has 1 aromatic rings. The minimum atomic E-state index is 0.505. The zero-order valence-electron chi connectivity index (χ0n) is 9.71. The van der Waals surface area contributed by atoms with E-state index in [4.69, 9.17) is 4.74 Å². The van der Waals surface area contributed by atoms with E-state index in [1.165, 1.54) is 16.8 Å². The lowest BCUT2D eigenvalue weighted by atomic mass is 10.0. The van der Waals surface area contributed by atoms with Crippen LogP contribution in [0.2, 0.25) is 0 Å². The maximum atomic E-state index is 5.39. The molecule has 0 spiro atoms. The lowest BCUT2D eigenvalue weighted by molar-refractivity contribution is 0.134. The van der Waals surface area contributed by atoms with E-state index in [1.54, 1.807) is 0 Å². The summed E-state index contributed by atoms with van der Waals surface area (Å²) in [6.45, 7) is 8.22. The van der Waals surface area contributed by atoms with Crippen molar-refractivity contribution in [3.05, 3.63) is 29.3 Å². The summed E-state index contributed by atoms with van der Waals surface area (Å²) in [6, 6.07) is 7.02. The number of nitrogens with one attached hydrogen (secondary N) is 1. The highest BCUT2D eigenvalue weighted by Crippen LogP contribution is 2.24. The molecule has 1 unspecified atom stereocenters. The Morgan fingerprint density at radius 3 is 2.60 bits per heavy atom. The maximum Gasteiger partial charge on any atom is 0.0725 e. The van der Waals surface area contributed by atoms with Gasteiger partial charge in [-0.3, -0.25) is 0 Å². The summed E-state index contributed by atoms with van der Waals surface area (Å²) >= 11 is 0. The van der Waals surface area contributed by atoms with Gasteiger partial charge in [-0.25, -0.2) is 0 Å². The van der Waals surface area contributed by atoms with Gasteiger partial charge in [0.05, 0.1) is 13.2 Å². The molecule has 1 heterocycles. The van der Waals surface area contributed by atoms with E-state index in [0.717, 1.165) is 13.2 Å². The highest BCUT2D eigenvalue weighted by molar-refractivity contribution is 5.49. The largest absolute Gasteiger partial charge is 0.382 e. The molecule has 0 amide bonds. The first kappa shape index (κ1) is 10.5. The second kappa shape index (κ2) is 4.23. The number of hydrogen-bond donors (Lipinski definition) is 1. The molecule has 82 valence electrons. The Morgan fingerprint density at radius 2 is 1.87 bits per heavy atom. The van der Waals surface area contributed by atoms with E-state index < -0.39 is 0 Å². The minimum Gasteiger partial charge on any atom is -0.382 e. The molecule has 2 heteroatoms. The first-order chi connectivity index (χ1) is 7.16. The van der Waals surface area contributed by atoms with Crippen LogP contribution in [-0.2, 0) is 18.0 Å². The van der Waals surface area contributed by atoms with Gasteiger partial charge in [-0.1, -0.05) is 19.9 Å². The fourth-order valence-corrected chi connectivity index (χ4v) is 1.69. The molecule has 1 aliphatic heterocycles. The Morgan fingerprint density at radius 1 is 1.13 bits per heavy atom. The van der Waals surface area contributed by atoms with Crippen molar-refractivity contribution in [1.82, 2.24) is 0 Å². The zero-order chi connectivity index (χ0) is 10.8. The van der Waals surface area contributed by atoms with E-state index in [9.17, 15) is 0 Å². The monoisotopic (exact) mass is 205 g/mol. The SMILES string of the molecule is CC(C)C(C)Nc1ccc2c(c1)COC2. The van der Waals surface area contributed by atoms with Gasteiger partial charge >= 0.3 is 0 Å². The average Bonchev–Trinajstić information content (AvgIpc) is 2.64. The van der Waals surface area contributed by atoms with Gasteiger partial charge in [0.15, 0.2) is 0 Å². The molecular weight excluding hydrogens is 186 g/mol. The fourth-order valence-electron chi connectivity index (χ4n) is 1.69. The molecule has 0 aliphatic carbocycles. The van der Waals surface area contributed by atoms with Gasteiger partial charge in [0, 0.05) is 11.7 Å². The topological polar surface area (TPSA) is 21.3 Å². The van der Waals surface area contributed by atoms with Crippen molar-refractivity contribution >= 4 is 5.69 Å². The molecule has 2 rings (SSSR count). The van der Waals surface area contributed by atoms with Crippen LogP contribution in [0.3, 0.4) is 0 Å². The third-order valence-electron chi connectivity index (χ3n) is 3.12. The molecule has 0 saturated heterocycles. The summed E-state index contributed by atoms with van der Waals surface area (Å²) in [7, 11) is 0. The second-order valence-corrected chi connectivity index (χ2v) is 4.65. The third-order valence-corrected chi connectivity index (χ3v) is 3.12. The van der Waals surface area contributed by atoms with E-state index in [-0.39, 0.29) is 0 Å².